The van der Waals surface area contributed by atoms with Crippen molar-refractivity contribution in [1.29, 1.82) is 0 Å². The lowest BCUT2D eigenvalue weighted by molar-refractivity contribution is -0.137. The second kappa shape index (κ2) is 10.9. The number of fused-ring (bicyclic) bond motifs is 1. The SMILES string of the molecule is O=C(O)Cc1ccc(COc2cccc(-c3c(Oc4ccccc4)cnc4c(C(F)(F)F)cccc34)c2)cc1. The van der Waals surface area contributed by atoms with Crippen molar-refractivity contribution in [2.24, 2.45) is 0 Å². The van der Waals surface area contributed by atoms with E-state index in [1.807, 2.05) is 6.07 Å². The molecule has 1 aromatic heterocycles. The van der Waals surface area contributed by atoms with Crippen molar-refractivity contribution in [3.8, 4) is 28.4 Å². The smallest absolute Gasteiger partial charge is 0.418 e. The van der Waals surface area contributed by atoms with Gasteiger partial charge in [-0.25, -0.2) is 0 Å². The lowest BCUT2D eigenvalue weighted by Crippen LogP contribution is -2.07. The molecular weight excluding hydrogens is 507 g/mol. The number of benzene rings is 4. The molecular formula is C31H22F3NO4. The van der Waals surface area contributed by atoms with Crippen LogP contribution in [0.15, 0.2) is 103 Å². The number of carboxylic acids is 1. The Kier molecular flexibility index (Phi) is 7.19. The molecule has 5 rings (SSSR count). The van der Waals surface area contributed by atoms with E-state index in [1.165, 1.54) is 12.3 Å². The fourth-order valence-electron chi connectivity index (χ4n) is 4.26. The highest BCUT2D eigenvalue weighted by Crippen LogP contribution is 2.42. The molecule has 0 spiro atoms. The first-order valence-corrected chi connectivity index (χ1v) is 12.0. The number of carbonyl (C=O) groups is 1. The summed E-state index contributed by atoms with van der Waals surface area (Å²) in [5.41, 5.74) is 1.58. The van der Waals surface area contributed by atoms with Crippen molar-refractivity contribution in [1.82, 2.24) is 4.98 Å². The normalized spacial score (nSPS) is 11.4. The van der Waals surface area contributed by atoms with E-state index in [4.69, 9.17) is 14.6 Å². The van der Waals surface area contributed by atoms with Gasteiger partial charge in [-0.3, -0.25) is 9.78 Å². The highest BCUT2D eigenvalue weighted by molar-refractivity contribution is 5.99. The van der Waals surface area contributed by atoms with Crippen molar-refractivity contribution in [2.75, 3.05) is 0 Å². The topological polar surface area (TPSA) is 68.7 Å². The highest BCUT2D eigenvalue weighted by Gasteiger charge is 2.34. The van der Waals surface area contributed by atoms with Crippen LogP contribution in [0.5, 0.6) is 17.2 Å². The monoisotopic (exact) mass is 529 g/mol. The molecule has 1 heterocycles. The molecule has 8 heteroatoms. The standard InChI is InChI=1S/C31H22F3NO4/c32-31(33,34)26-11-5-10-25-29(27(18-35-30(25)26)39-23-7-2-1-3-8-23)22-6-4-9-24(17-22)38-19-21-14-12-20(13-15-21)16-28(36)37/h1-15,17-18H,16,19H2,(H,36,37). The minimum absolute atomic E-state index is 0.0630. The number of aliphatic carboxylic acids is 1. The van der Waals surface area contributed by atoms with Gasteiger partial charge in [0.25, 0.3) is 0 Å². The molecule has 0 atom stereocenters. The molecule has 0 aliphatic heterocycles. The fraction of sp³-hybridized carbons (Fsp3) is 0.0968. The van der Waals surface area contributed by atoms with E-state index in [0.29, 0.717) is 39.3 Å². The largest absolute Gasteiger partial charge is 0.489 e. The minimum Gasteiger partial charge on any atom is -0.489 e. The van der Waals surface area contributed by atoms with E-state index in [9.17, 15) is 18.0 Å². The Morgan fingerprint density at radius 3 is 2.23 bits per heavy atom. The first-order chi connectivity index (χ1) is 18.8. The molecule has 0 saturated heterocycles. The van der Waals surface area contributed by atoms with Gasteiger partial charge in [-0.15, -0.1) is 0 Å². The molecule has 0 unspecified atom stereocenters. The van der Waals surface area contributed by atoms with Crippen LogP contribution in [-0.4, -0.2) is 16.1 Å². The average Bonchev–Trinajstić information content (AvgIpc) is 2.92. The third kappa shape index (κ3) is 6.01. The summed E-state index contributed by atoms with van der Waals surface area (Å²) >= 11 is 0. The van der Waals surface area contributed by atoms with Crippen molar-refractivity contribution >= 4 is 16.9 Å². The van der Waals surface area contributed by atoms with Crippen LogP contribution in [0.4, 0.5) is 13.2 Å². The zero-order chi connectivity index (χ0) is 27.4. The van der Waals surface area contributed by atoms with Gasteiger partial charge in [-0.2, -0.15) is 13.2 Å². The van der Waals surface area contributed by atoms with E-state index in [0.717, 1.165) is 11.6 Å². The maximum Gasteiger partial charge on any atom is 0.418 e. The average molecular weight is 530 g/mol. The summed E-state index contributed by atoms with van der Waals surface area (Å²) < 4.78 is 53.4. The quantitative estimate of drug-likeness (QED) is 0.221. The van der Waals surface area contributed by atoms with Gasteiger partial charge in [0, 0.05) is 10.9 Å². The van der Waals surface area contributed by atoms with Crippen molar-refractivity contribution in [2.45, 2.75) is 19.2 Å². The molecule has 5 nitrogen and oxygen atoms in total. The van der Waals surface area contributed by atoms with E-state index in [-0.39, 0.29) is 18.5 Å². The molecule has 0 aliphatic rings. The molecule has 5 aromatic rings. The Labute approximate surface area is 222 Å². The number of alkyl halides is 3. The predicted octanol–water partition coefficient (Wildman–Crippen LogP) is 7.92. The van der Waals surface area contributed by atoms with Gasteiger partial charge in [0.2, 0.25) is 0 Å². The molecule has 4 aromatic carbocycles. The molecule has 0 aliphatic carbocycles. The summed E-state index contributed by atoms with van der Waals surface area (Å²) in [5, 5.41) is 9.23. The summed E-state index contributed by atoms with van der Waals surface area (Å²) in [6.45, 7) is 0.222. The molecule has 0 amide bonds. The third-order valence-electron chi connectivity index (χ3n) is 6.05. The summed E-state index contributed by atoms with van der Waals surface area (Å²) in [7, 11) is 0. The summed E-state index contributed by atoms with van der Waals surface area (Å²) in [6.07, 6.45) is -3.32. The van der Waals surface area contributed by atoms with Gasteiger partial charge in [-0.1, -0.05) is 66.7 Å². The van der Waals surface area contributed by atoms with Gasteiger partial charge < -0.3 is 14.6 Å². The molecule has 0 radical (unpaired) electrons. The fourth-order valence-corrected chi connectivity index (χ4v) is 4.26. The Morgan fingerprint density at radius 1 is 0.821 bits per heavy atom. The second-order valence-electron chi connectivity index (χ2n) is 8.82. The molecule has 196 valence electrons. The Hall–Kier alpha value is -4.85. The van der Waals surface area contributed by atoms with Gasteiger partial charge in [0.15, 0.2) is 5.75 Å². The van der Waals surface area contributed by atoms with E-state index in [2.05, 4.69) is 4.98 Å². The van der Waals surface area contributed by atoms with Crippen LogP contribution >= 0.6 is 0 Å². The predicted molar refractivity (Wildman–Crippen MR) is 141 cm³/mol. The number of hydrogen-bond acceptors (Lipinski definition) is 4. The van der Waals surface area contributed by atoms with Gasteiger partial charge in [0.05, 0.1) is 23.7 Å². The molecule has 0 fully saturated rings. The summed E-state index contributed by atoms with van der Waals surface area (Å²) in [5.74, 6) is 0.423. The number of aromatic nitrogens is 1. The maximum atomic E-state index is 13.8. The minimum atomic E-state index is -4.57. The first kappa shape index (κ1) is 25.8. The van der Waals surface area contributed by atoms with Gasteiger partial charge in [0.1, 0.15) is 18.1 Å². The Morgan fingerprint density at radius 2 is 1.51 bits per heavy atom. The van der Waals surface area contributed by atoms with Crippen LogP contribution in [0.25, 0.3) is 22.0 Å². The highest BCUT2D eigenvalue weighted by atomic mass is 19.4. The van der Waals surface area contributed by atoms with E-state index < -0.39 is 17.7 Å². The molecule has 1 N–H and O–H groups in total. The zero-order valence-electron chi connectivity index (χ0n) is 20.5. The lowest BCUT2D eigenvalue weighted by Gasteiger charge is -2.17. The van der Waals surface area contributed by atoms with E-state index >= 15 is 0 Å². The van der Waals surface area contributed by atoms with Crippen molar-refractivity contribution < 1.29 is 32.5 Å². The Bertz CT molecular complexity index is 1620. The van der Waals surface area contributed by atoms with Crippen molar-refractivity contribution in [3.05, 3.63) is 120 Å². The van der Waals surface area contributed by atoms with E-state index in [1.54, 1.807) is 78.9 Å². The number of hydrogen-bond donors (Lipinski definition) is 1. The number of nitrogens with zero attached hydrogens (tertiary/aromatic N) is 1. The van der Waals surface area contributed by atoms with Crippen LogP contribution in [-0.2, 0) is 24.0 Å². The van der Waals surface area contributed by atoms with Gasteiger partial charge >= 0.3 is 12.1 Å². The summed E-state index contributed by atoms with van der Waals surface area (Å²) in [6, 6.07) is 27.0. The lowest BCUT2D eigenvalue weighted by atomic mass is 9.98. The first-order valence-electron chi connectivity index (χ1n) is 12.0. The number of ether oxygens (including phenoxy) is 2. The van der Waals surface area contributed by atoms with Crippen molar-refractivity contribution in [3.63, 3.8) is 0 Å². The molecule has 0 bridgehead atoms. The number of rotatable bonds is 8. The molecule has 39 heavy (non-hydrogen) atoms. The number of pyridine rings is 1. The Balaban J connectivity index is 1.52. The number of carboxylic acid groups (broad SMARTS) is 1. The van der Waals surface area contributed by atoms with Crippen LogP contribution < -0.4 is 9.47 Å². The zero-order valence-corrected chi connectivity index (χ0v) is 20.5. The van der Waals surface area contributed by atoms with Crippen LogP contribution in [0.3, 0.4) is 0 Å². The number of para-hydroxylation sites is 2. The van der Waals surface area contributed by atoms with Crippen LogP contribution in [0.2, 0.25) is 0 Å². The summed E-state index contributed by atoms with van der Waals surface area (Å²) in [4.78, 5) is 15.0. The van der Waals surface area contributed by atoms with Crippen LogP contribution in [0, 0.1) is 0 Å². The second-order valence-corrected chi connectivity index (χ2v) is 8.82. The molecule has 0 saturated carbocycles. The van der Waals surface area contributed by atoms with Crippen LogP contribution in [0.1, 0.15) is 16.7 Å². The number of halogens is 3. The maximum absolute atomic E-state index is 13.8. The third-order valence-corrected chi connectivity index (χ3v) is 6.05. The van der Waals surface area contributed by atoms with Gasteiger partial charge in [-0.05, 0) is 47.0 Å².